The van der Waals surface area contributed by atoms with Crippen molar-refractivity contribution in [2.75, 3.05) is 6.61 Å². The second-order valence-corrected chi connectivity index (χ2v) is 3.96. The maximum absolute atomic E-state index is 11.7. The standard InChI is InChI=1S/C15H12N4O2/c16-7-9-21-14-5-3-12(4-6-14)10-18-19-15(20)13-2-1-8-17-11-13/h1-6,8,10-11H,9H2,(H,19,20)/b18-10-. The zero-order valence-corrected chi connectivity index (χ0v) is 11.1. The van der Waals surface area contributed by atoms with E-state index in [0.29, 0.717) is 11.3 Å². The highest BCUT2D eigenvalue weighted by Gasteiger charge is 2.02. The Bertz CT molecular complexity index is 660. The summed E-state index contributed by atoms with van der Waals surface area (Å²) < 4.78 is 5.13. The average molecular weight is 280 g/mol. The molecule has 0 saturated heterocycles. The van der Waals surface area contributed by atoms with Gasteiger partial charge in [0.1, 0.15) is 11.8 Å². The minimum atomic E-state index is -0.326. The van der Waals surface area contributed by atoms with Gasteiger partial charge in [-0.25, -0.2) is 5.43 Å². The number of nitrogens with zero attached hydrogens (tertiary/aromatic N) is 3. The van der Waals surface area contributed by atoms with Crippen molar-refractivity contribution >= 4 is 12.1 Å². The van der Waals surface area contributed by atoms with Crippen LogP contribution in [-0.2, 0) is 0 Å². The fourth-order valence-electron chi connectivity index (χ4n) is 1.49. The number of rotatable bonds is 5. The van der Waals surface area contributed by atoms with Gasteiger partial charge in [0.25, 0.3) is 5.91 Å². The molecule has 0 saturated carbocycles. The molecule has 6 nitrogen and oxygen atoms in total. The molecular weight excluding hydrogens is 268 g/mol. The number of benzene rings is 1. The van der Waals surface area contributed by atoms with Crippen LogP contribution in [0.15, 0.2) is 53.9 Å². The number of nitrogens with one attached hydrogen (secondary N) is 1. The monoisotopic (exact) mass is 280 g/mol. The van der Waals surface area contributed by atoms with Crippen molar-refractivity contribution in [2.24, 2.45) is 5.10 Å². The molecule has 0 bridgehead atoms. The molecule has 0 aliphatic heterocycles. The molecule has 0 unspecified atom stereocenters. The van der Waals surface area contributed by atoms with Crippen molar-refractivity contribution in [3.63, 3.8) is 0 Å². The third-order valence-corrected chi connectivity index (χ3v) is 2.49. The summed E-state index contributed by atoms with van der Waals surface area (Å²) in [6, 6.07) is 12.2. The van der Waals surface area contributed by atoms with Crippen LogP contribution < -0.4 is 10.2 Å². The van der Waals surface area contributed by atoms with Crippen molar-refractivity contribution in [2.45, 2.75) is 0 Å². The highest BCUT2D eigenvalue weighted by atomic mass is 16.5. The molecule has 104 valence electrons. The fraction of sp³-hybridized carbons (Fsp3) is 0.0667. The molecule has 1 N–H and O–H groups in total. The summed E-state index contributed by atoms with van der Waals surface area (Å²) in [6.07, 6.45) is 4.57. The molecule has 1 aromatic carbocycles. The van der Waals surface area contributed by atoms with Crippen LogP contribution >= 0.6 is 0 Å². The highest BCUT2D eigenvalue weighted by Crippen LogP contribution is 2.10. The number of hydrazone groups is 1. The van der Waals surface area contributed by atoms with E-state index in [1.165, 1.54) is 12.4 Å². The molecule has 6 heteroatoms. The second-order valence-electron chi connectivity index (χ2n) is 3.96. The number of amides is 1. The van der Waals surface area contributed by atoms with Crippen LogP contribution in [0.25, 0.3) is 0 Å². The number of pyridine rings is 1. The third-order valence-electron chi connectivity index (χ3n) is 2.49. The predicted molar refractivity (Wildman–Crippen MR) is 76.8 cm³/mol. The lowest BCUT2D eigenvalue weighted by molar-refractivity contribution is 0.0955. The molecule has 0 spiro atoms. The SMILES string of the molecule is N#CCOc1ccc(/C=N\NC(=O)c2cccnc2)cc1. The van der Waals surface area contributed by atoms with Gasteiger partial charge in [-0.3, -0.25) is 9.78 Å². The number of hydrogen-bond acceptors (Lipinski definition) is 5. The van der Waals surface area contributed by atoms with Crippen LogP contribution in [0, 0.1) is 11.3 Å². The molecule has 2 aromatic rings. The summed E-state index contributed by atoms with van der Waals surface area (Å²) in [5.41, 5.74) is 3.65. The normalized spacial score (nSPS) is 10.0. The quantitative estimate of drug-likeness (QED) is 0.667. The molecule has 0 fully saturated rings. The van der Waals surface area contributed by atoms with Crippen molar-refractivity contribution < 1.29 is 9.53 Å². The maximum atomic E-state index is 11.7. The summed E-state index contributed by atoms with van der Waals surface area (Å²) in [5, 5.41) is 12.3. The Balaban J connectivity index is 1.90. The van der Waals surface area contributed by atoms with Gasteiger partial charge in [0.2, 0.25) is 0 Å². The van der Waals surface area contributed by atoms with Crippen LogP contribution in [-0.4, -0.2) is 23.7 Å². The molecule has 1 aromatic heterocycles. The van der Waals surface area contributed by atoms with Crippen molar-refractivity contribution in [1.82, 2.24) is 10.4 Å². The van der Waals surface area contributed by atoms with E-state index in [1.807, 2.05) is 6.07 Å². The van der Waals surface area contributed by atoms with Gasteiger partial charge in [-0.1, -0.05) is 0 Å². The first-order valence-electron chi connectivity index (χ1n) is 6.13. The van der Waals surface area contributed by atoms with Gasteiger partial charge in [0.05, 0.1) is 11.8 Å². The van der Waals surface area contributed by atoms with Crippen LogP contribution in [0.3, 0.4) is 0 Å². The minimum Gasteiger partial charge on any atom is -0.479 e. The van der Waals surface area contributed by atoms with Crippen LogP contribution in [0.1, 0.15) is 15.9 Å². The van der Waals surface area contributed by atoms with Gasteiger partial charge in [0, 0.05) is 12.4 Å². The zero-order chi connectivity index (χ0) is 14.9. The topological polar surface area (TPSA) is 87.4 Å². The van der Waals surface area contributed by atoms with Crippen molar-refractivity contribution in [3.05, 3.63) is 59.9 Å². The van der Waals surface area contributed by atoms with Crippen molar-refractivity contribution in [1.29, 1.82) is 5.26 Å². The average Bonchev–Trinajstić information content (AvgIpc) is 2.55. The van der Waals surface area contributed by atoms with Crippen LogP contribution in [0.5, 0.6) is 5.75 Å². The molecular formula is C15H12N4O2. The summed E-state index contributed by atoms with van der Waals surface area (Å²) in [7, 11) is 0. The largest absolute Gasteiger partial charge is 0.479 e. The van der Waals surface area contributed by atoms with Crippen LogP contribution in [0.2, 0.25) is 0 Å². The Morgan fingerprint density at radius 1 is 1.38 bits per heavy atom. The molecule has 2 rings (SSSR count). The first-order chi connectivity index (χ1) is 10.3. The minimum absolute atomic E-state index is 0.00854. The van der Waals surface area contributed by atoms with Gasteiger partial charge < -0.3 is 4.74 Å². The van der Waals surface area contributed by atoms with E-state index >= 15 is 0 Å². The molecule has 0 aliphatic rings. The summed E-state index contributed by atoms with van der Waals surface area (Å²) in [5.74, 6) is 0.279. The Labute approximate surface area is 121 Å². The number of carbonyl (C=O) groups is 1. The van der Waals surface area contributed by atoms with E-state index in [4.69, 9.17) is 10.00 Å². The van der Waals surface area contributed by atoms with E-state index in [-0.39, 0.29) is 12.5 Å². The zero-order valence-electron chi connectivity index (χ0n) is 11.1. The number of carbonyl (C=O) groups excluding carboxylic acids is 1. The van der Waals surface area contributed by atoms with Gasteiger partial charge in [0.15, 0.2) is 6.61 Å². The molecule has 0 atom stereocenters. The summed E-state index contributed by atoms with van der Waals surface area (Å²) in [6.45, 7) is 0.00854. The molecule has 0 radical (unpaired) electrons. The Morgan fingerprint density at radius 3 is 2.86 bits per heavy atom. The summed E-state index contributed by atoms with van der Waals surface area (Å²) in [4.78, 5) is 15.5. The molecule has 0 aliphatic carbocycles. The number of aromatic nitrogens is 1. The Hall–Kier alpha value is -3.20. The van der Waals surface area contributed by atoms with E-state index in [9.17, 15) is 4.79 Å². The van der Waals surface area contributed by atoms with Gasteiger partial charge in [-0.15, -0.1) is 0 Å². The Kier molecular flexibility index (Phi) is 5.01. The van der Waals surface area contributed by atoms with E-state index in [2.05, 4.69) is 15.5 Å². The van der Waals surface area contributed by atoms with Crippen LogP contribution in [0.4, 0.5) is 0 Å². The molecule has 1 heterocycles. The number of ether oxygens (including phenoxy) is 1. The number of hydrogen-bond donors (Lipinski definition) is 1. The highest BCUT2D eigenvalue weighted by molar-refractivity contribution is 5.94. The molecule has 1 amide bonds. The molecule has 21 heavy (non-hydrogen) atoms. The first-order valence-corrected chi connectivity index (χ1v) is 6.13. The summed E-state index contributed by atoms with van der Waals surface area (Å²) >= 11 is 0. The number of nitriles is 1. The van der Waals surface area contributed by atoms with Gasteiger partial charge in [-0.2, -0.15) is 10.4 Å². The smallest absolute Gasteiger partial charge is 0.272 e. The van der Waals surface area contributed by atoms with Gasteiger partial charge >= 0.3 is 0 Å². The first kappa shape index (κ1) is 14.2. The Morgan fingerprint density at radius 2 is 2.19 bits per heavy atom. The third kappa shape index (κ3) is 4.44. The maximum Gasteiger partial charge on any atom is 0.272 e. The lowest BCUT2D eigenvalue weighted by Gasteiger charge is -2.01. The van der Waals surface area contributed by atoms with E-state index < -0.39 is 0 Å². The van der Waals surface area contributed by atoms with Gasteiger partial charge in [-0.05, 0) is 42.0 Å². The van der Waals surface area contributed by atoms with E-state index in [0.717, 1.165) is 5.56 Å². The predicted octanol–water partition coefficient (Wildman–Crippen LogP) is 1.75. The lowest BCUT2D eigenvalue weighted by Crippen LogP contribution is -2.17. The van der Waals surface area contributed by atoms with Crippen molar-refractivity contribution in [3.8, 4) is 11.8 Å². The van der Waals surface area contributed by atoms with E-state index in [1.54, 1.807) is 42.6 Å². The fourth-order valence-corrected chi connectivity index (χ4v) is 1.49. The lowest BCUT2D eigenvalue weighted by atomic mass is 10.2. The second kappa shape index (κ2) is 7.40.